The maximum Gasteiger partial charge on any atom is 0.338 e. The van der Waals surface area contributed by atoms with E-state index in [4.69, 9.17) is 4.74 Å². The topological polar surface area (TPSA) is 44.1 Å². The summed E-state index contributed by atoms with van der Waals surface area (Å²) in [4.78, 5) is 16.0. The Labute approximate surface area is 113 Å². The lowest BCUT2D eigenvalue weighted by Gasteiger charge is -2.10. The molecule has 0 fully saturated rings. The number of carbonyl (C=O) groups excluding carboxylic acids is 1. The quantitative estimate of drug-likeness (QED) is 0.774. The highest BCUT2D eigenvalue weighted by atomic mass is 16.5. The van der Waals surface area contributed by atoms with Crippen molar-refractivity contribution < 1.29 is 9.53 Å². The van der Waals surface area contributed by atoms with Gasteiger partial charge in [-0.15, -0.1) is 0 Å². The fourth-order valence-corrected chi connectivity index (χ4v) is 1.83. The zero-order valence-electron chi connectivity index (χ0n) is 11.2. The monoisotopic (exact) mass is 258 g/mol. The summed E-state index contributed by atoms with van der Waals surface area (Å²) in [6.45, 7) is 5.35. The molecule has 0 radical (unpaired) electrons. The van der Waals surface area contributed by atoms with E-state index in [1.54, 1.807) is 18.3 Å². The zero-order chi connectivity index (χ0) is 13.7. The zero-order valence-corrected chi connectivity index (χ0v) is 11.2. The Kier molecular flexibility index (Phi) is 4.34. The number of hydrogen-bond donors (Lipinski definition) is 0. The van der Waals surface area contributed by atoms with Gasteiger partial charge in [0, 0.05) is 18.9 Å². The molecule has 0 amide bonds. The Hall–Kier alpha value is -2.10. The molecular weight excluding hydrogens is 240 g/mol. The van der Waals surface area contributed by atoms with Crippen LogP contribution in [0, 0.1) is 5.92 Å². The van der Waals surface area contributed by atoms with Crippen LogP contribution in [0.3, 0.4) is 0 Å². The second kappa shape index (κ2) is 6.18. The average molecular weight is 258 g/mol. The minimum atomic E-state index is -0.320. The minimum Gasteiger partial charge on any atom is -0.454 e. The summed E-state index contributed by atoms with van der Waals surface area (Å²) in [6, 6.07) is 8.98. The van der Waals surface area contributed by atoms with Crippen LogP contribution in [0.1, 0.15) is 30.0 Å². The van der Waals surface area contributed by atoms with Gasteiger partial charge in [0.2, 0.25) is 0 Å². The molecule has 1 heterocycles. The first kappa shape index (κ1) is 13.3. The molecule has 4 nitrogen and oxygen atoms in total. The summed E-state index contributed by atoms with van der Waals surface area (Å²) in [7, 11) is 0. The van der Waals surface area contributed by atoms with Crippen LogP contribution in [0.5, 0.6) is 0 Å². The van der Waals surface area contributed by atoms with Crippen molar-refractivity contribution in [1.29, 1.82) is 0 Å². The molecule has 0 spiro atoms. The Morgan fingerprint density at radius 3 is 2.74 bits per heavy atom. The Bertz CT molecular complexity index is 532. The van der Waals surface area contributed by atoms with Crippen molar-refractivity contribution in [2.75, 3.05) is 0 Å². The summed E-state index contributed by atoms with van der Waals surface area (Å²) < 4.78 is 7.29. The molecule has 0 aliphatic heterocycles. The number of aromatic nitrogens is 2. The summed E-state index contributed by atoms with van der Waals surface area (Å²) in [5.74, 6) is 0.982. The lowest BCUT2D eigenvalue weighted by Crippen LogP contribution is -2.12. The Balaban J connectivity index is 1.96. The molecule has 0 aliphatic carbocycles. The highest BCUT2D eigenvalue weighted by Crippen LogP contribution is 2.07. The molecule has 0 unspecified atom stereocenters. The molecule has 2 aromatic rings. The lowest BCUT2D eigenvalue weighted by molar-refractivity contribution is 0.0457. The third kappa shape index (κ3) is 3.68. The van der Waals surface area contributed by atoms with Gasteiger partial charge in [-0.2, -0.15) is 0 Å². The van der Waals surface area contributed by atoms with Gasteiger partial charge in [-0.05, 0) is 18.1 Å². The van der Waals surface area contributed by atoms with Gasteiger partial charge in [-0.3, -0.25) is 0 Å². The molecule has 0 saturated heterocycles. The van der Waals surface area contributed by atoms with Gasteiger partial charge in [-0.1, -0.05) is 32.0 Å². The van der Waals surface area contributed by atoms with Gasteiger partial charge >= 0.3 is 5.97 Å². The van der Waals surface area contributed by atoms with Crippen LogP contribution in [0.25, 0.3) is 0 Å². The van der Waals surface area contributed by atoms with E-state index < -0.39 is 0 Å². The summed E-state index contributed by atoms with van der Waals surface area (Å²) in [6.07, 6.45) is 3.64. The van der Waals surface area contributed by atoms with E-state index in [9.17, 15) is 4.79 Å². The summed E-state index contributed by atoms with van der Waals surface area (Å²) >= 11 is 0. The second-order valence-corrected chi connectivity index (χ2v) is 4.83. The fraction of sp³-hybridized carbons (Fsp3) is 0.333. The molecule has 0 atom stereocenters. The second-order valence-electron chi connectivity index (χ2n) is 4.83. The van der Waals surface area contributed by atoms with Crippen LogP contribution in [-0.2, 0) is 17.9 Å². The third-order valence-corrected chi connectivity index (χ3v) is 2.71. The first-order chi connectivity index (χ1) is 9.16. The van der Waals surface area contributed by atoms with Crippen LogP contribution < -0.4 is 0 Å². The van der Waals surface area contributed by atoms with Crippen molar-refractivity contribution in [2.45, 2.75) is 27.0 Å². The smallest absolute Gasteiger partial charge is 0.338 e. The maximum absolute atomic E-state index is 11.8. The van der Waals surface area contributed by atoms with E-state index in [1.165, 1.54) is 0 Å². The van der Waals surface area contributed by atoms with Gasteiger partial charge in [0.05, 0.1) is 5.56 Å². The Morgan fingerprint density at radius 2 is 2.05 bits per heavy atom. The maximum atomic E-state index is 11.8. The van der Waals surface area contributed by atoms with E-state index >= 15 is 0 Å². The van der Waals surface area contributed by atoms with Crippen molar-refractivity contribution in [2.24, 2.45) is 5.92 Å². The van der Waals surface area contributed by atoms with Gasteiger partial charge in [0.1, 0.15) is 12.4 Å². The molecule has 0 saturated carbocycles. The first-order valence-electron chi connectivity index (χ1n) is 6.39. The molecule has 4 heteroatoms. The minimum absolute atomic E-state index is 0.202. The molecule has 2 rings (SSSR count). The highest BCUT2D eigenvalue weighted by Gasteiger charge is 2.09. The normalized spacial score (nSPS) is 10.7. The van der Waals surface area contributed by atoms with Crippen molar-refractivity contribution in [3.8, 4) is 0 Å². The van der Waals surface area contributed by atoms with E-state index in [0.717, 1.165) is 12.4 Å². The van der Waals surface area contributed by atoms with E-state index in [2.05, 4.69) is 18.8 Å². The number of carbonyl (C=O) groups is 1. The van der Waals surface area contributed by atoms with Crippen LogP contribution in [0.15, 0.2) is 42.7 Å². The number of imidazole rings is 1. The molecule has 1 aromatic heterocycles. The average Bonchev–Trinajstić information content (AvgIpc) is 2.83. The third-order valence-electron chi connectivity index (χ3n) is 2.71. The predicted molar refractivity (Wildman–Crippen MR) is 72.6 cm³/mol. The van der Waals surface area contributed by atoms with E-state index in [0.29, 0.717) is 11.5 Å². The first-order valence-corrected chi connectivity index (χ1v) is 6.39. The molecule has 100 valence electrons. The number of hydrogen-bond acceptors (Lipinski definition) is 3. The molecular formula is C15H18N2O2. The van der Waals surface area contributed by atoms with E-state index in [1.807, 2.05) is 29.0 Å². The largest absolute Gasteiger partial charge is 0.454 e. The molecule has 1 aromatic carbocycles. The Morgan fingerprint density at radius 1 is 1.32 bits per heavy atom. The number of rotatable bonds is 5. The van der Waals surface area contributed by atoms with Crippen molar-refractivity contribution >= 4 is 5.97 Å². The van der Waals surface area contributed by atoms with Crippen LogP contribution in [-0.4, -0.2) is 15.5 Å². The van der Waals surface area contributed by atoms with Crippen molar-refractivity contribution in [1.82, 2.24) is 9.55 Å². The van der Waals surface area contributed by atoms with Crippen LogP contribution >= 0.6 is 0 Å². The van der Waals surface area contributed by atoms with Gasteiger partial charge in [-0.25, -0.2) is 9.78 Å². The molecule has 0 bridgehead atoms. The molecule has 0 N–H and O–H groups in total. The molecule has 19 heavy (non-hydrogen) atoms. The van der Waals surface area contributed by atoms with Crippen LogP contribution in [0.4, 0.5) is 0 Å². The number of nitrogens with zero attached hydrogens (tertiary/aromatic N) is 2. The van der Waals surface area contributed by atoms with Gasteiger partial charge < -0.3 is 9.30 Å². The summed E-state index contributed by atoms with van der Waals surface area (Å²) in [5, 5.41) is 0. The number of benzene rings is 1. The fourth-order valence-electron chi connectivity index (χ4n) is 1.83. The SMILES string of the molecule is CC(C)Cn1ccnc1COC(=O)c1ccccc1. The predicted octanol–water partition coefficient (Wildman–Crippen LogP) is 2.90. The van der Waals surface area contributed by atoms with Crippen molar-refractivity contribution in [3.63, 3.8) is 0 Å². The van der Waals surface area contributed by atoms with Gasteiger partial charge in [0.15, 0.2) is 0 Å². The van der Waals surface area contributed by atoms with Gasteiger partial charge in [0.25, 0.3) is 0 Å². The number of ether oxygens (including phenoxy) is 1. The standard InChI is InChI=1S/C15H18N2O2/c1-12(2)10-17-9-8-16-14(17)11-19-15(18)13-6-4-3-5-7-13/h3-9,12H,10-11H2,1-2H3. The van der Waals surface area contributed by atoms with E-state index in [-0.39, 0.29) is 12.6 Å². The van der Waals surface area contributed by atoms with Crippen molar-refractivity contribution in [3.05, 3.63) is 54.1 Å². The molecule has 0 aliphatic rings. The lowest BCUT2D eigenvalue weighted by atomic mass is 10.2. The van der Waals surface area contributed by atoms with Crippen LogP contribution in [0.2, 0.25) is 0 Å². The summed E-state index contributed by atoms with van der Waals surface area (Å²) in [5.41, 5.74) is 0.560. The number of esters is 1. The highest BCUT2D eigenvalue weighted by molar-refractivity contribution is 5.89.